The number of nitrogens with zero attached hydrogens (tertiary/aromatic N) is 1. The van der Waals surface area contributed by atoms with Crippen molar-refractivity contribution >= 4 is 10.8 Å². The molecule has 0 aliphatic rings. The number of nitriles is 1. The summed E-state index contributed by atoms with van der Waals surface area (Å²) in [5.74, 6) is 0. The molecule has 0 heterocycles. The van der Waals surface area contributed by atoms with Crippen LogP contribution in [0.3, 0.4) is 0 Å². The lowest BCUT2D eigenvalue weighted by molar-refractivity contribution is 1.58. The molecule has 1 nitrogen and oxygen atoms in total. The second-order valence-corrected chi connectivity index (χ2v) is 2.27. The molecule has 0 aromatic heterocycles. The van der Waals surface area contributed by atoms with Gasteiger partial charge >= 0.3 is 0 Å². The molecule has 0 amide bonds. The van der Waals surface area contributed by atoms with Crippen molar-refractivity contribution in [3.63, 3.8) is 0 Å². The minimum Gasteiger partial charge on any atom is -0.202 e. The Hall–Kier alpha value is -1.81. The fraction of sp³-hybridized carbons (Fsp3) is 0. The van der Waals surface area contributed by atoms with Crippen LogP contribution in [0, 0.1) is 11.8 Å². The van der Waals surface area contributed by atoms with Crippen LogP contribution in [-0.4, -0.2) is 0 Å². The molecule has 0 aliphatic carbocycles. The molecule has 0 fully saturated rings. The van der Waals surface area contributed by atoms with E-state index in [2.05, 4.69) is 12.6 Å². The van der Waals surface area contributed by atoms with Crippen molar-refractivity contribution in [2.24, 2.45) is 0 Å². The Morgan fingerprint density at radius 2 is 1.42 bits per heavy atom. The topological polar surface area (TPSA) is 23.8 Å². The van der Waals surface area contributed by atoms with Gasteiger partial charge in [0.1, 0.15) is 0 Å². The SMILES string of the molecule is C#N.[2H]c1ccc2ccccc2c1. The van der Waals surface area contributed by atoms with Gasteiger partial charge in [0.25, 0.3) is 0 Å². The van der Waals surface area contributed by atoms with Crippen LogP contribution >= 0.6 is 0 Å². The van der Waals surface area contributed by atoms with Gasteiger partial charge < -0.3 is 0 Å². The summed E-state index contributed by atoms with van der Waals surface area (Å²) in [7, 11) is 0. The van der Waals surface area contributed by atoms with Gasteiger partial charge in [0, 0.05) is 6.57 Å². The van der Waals surface area contributed by atoms with Gasteiger partial charge in [0.15, 0.2) is 0 Å². The molecule has 0 bridgehead atoms. The van der Waals surface area contributed by atoms with Crippen LogP contribution in [0.15, 0.2) is 48.5 Å². The lowest BCUT2D eigenvalue weighted by atomic mass is 10.1. The van der Waals surface area contributed by atoms with Crippen molar-refractivity contribution in [1.29, 1.82) is 5.26 Å². The number of hydrogen-bond acceptors (Lipinski definition) is 1. The normalized spacial score (nSPS) is 9.67. The molecule has 2 rings (SSSR count). The molecule has 58 valence electrons. The Morgan fingerprint density at radius 1 is 0.917 bits per heavy atom. The van der Waals surface area contributed by atoms with Gasteiger partial charge in [-0.25, -0.2) is 5.26 Å². The lowest BCUT2D eigenvalue weighted by Gasteiger charge is -1.92. The summed E-state index contributed by atoms with van der Waals surface area (Å²) in [6.45, 7) is 3.50. The van der Waals surface area contributed by atoms with E-state index in [1.165, 1.54) is 5.39 Å². The summed E-state index contributed by atoms with van der Waals surface area (Å²) < 4.78 is 7.38. The van der Waals surface area contributed by atoms with Crippen LogP contribution in [0.2, 0.25) is 0 Å². The van der Waals surface area contributed by atoms with E-state index in [9.17, 15) is 0 Å². The van der Waals surface area contributed by atoms with Gasteiger partial charge in [-0.15, -0.1) is 0 Å². The fourth-order valence-electron chi connectivity index (χ4n) is 1.07. The summed E-state index contributed by atoms with van der Waals surface area (Å²) >= 11 is 0. The van der Waals surface area contributed by atoms with Gasteiger partial charge in [-0.1, -0.05) is 48.5 Å². The van der Waals surface area contributed by atoms with Crippen molar-refractivity contribution in [2.75, 3.05) is 0 Å². The van der Waals surface area contributed by atoms with Crippen LogP contribution in [0.5, 0.6) is 0 Å². The number of fused-ring (bicyclic) bond motifs is 1. The highest BCUT2D eigenvalue weighted by atomic mass is 14.2. The molecule has 0 saturated heterocycles. The molecule has 0 unspecified atom stereocenters. The van der Waals surface area contributed by atoms with Crippen LogP contribution in [-0.2, 0) is 0 Å². The second-order valence-electron chi connectivity index (χ2n) is 2.27. The third-order valence-electron chi connectivity index (χ3n) is 1.59. The van der Waals surface area contributed by atoms with E-state index in [0.717, 1.165) is 5.39 Å². The maximum absolute atomic E-state index is 7.38. The monoisotopic (exact) mass is 156 g/mol. The van der Waals surface area contributed by atoms with Gasteiger partial charge in [0.05, 0.1) is 1.37 Å². The van der Waals surface area contributed by atoms with E-state index in [4.69, 9.17) is 6.63 Å². The zero-order chi connectivity index (χ0) is 9.68. The van der Waals surface area contributed by atoms with E-state index >= 15 is 0 Å². The first-order valence-corrected chi connectivity index (χ1v) is 3.57. The molecule has 2 aromatic carbocycles. The van der Waals surface area contributed by atoms with E-state index in [-0.39, 0.29) is 0 Å². The summed E-state index contributed by atoms with van der Waals surface area (Å²) in [4.78, 5) is 0. The van der Waals surface area contributed by atoms with Crippen LogP contribution < -0.4 is 0 Å². The van der Waals surface area contributed by atoms with Crippen LogP contribution in [0.1, 0.15) is 1.37 Å². The standard InChI is InChI=1S/C10H8.CHN/c1-2-6-10-8-4-3-7-9(10)5-1;1-2/h1-8H;1H/i1D;. The van der Waals surface area contributed by atoms with Crippen molar-refractivity contribution in [3.05, 3.63) is 48.5 Å². The Labute approximate surface area is 73.3 Å². The molecule has 2 aromatic rings. The van der Waals surface area contributed by atoms with Crippen molar-refractivity contribution in [1.82, 2.24) is 0 Å². The van der Waals surface area contributed by atoms with Gasteiger partial charge in [0.2, 0.25) is 0 Å². The first kappa shape index (κ1) is 6.87. The molecule has 0 saturated carbocycles. The summed E-state index contributed by atoms with van der Waals surface area (Å²) in [5.41, 5.74) is 0. The minimum atomic E-state index is 0.573. The van der Waals surface area contributed by atoms with E-state index < -0.39 is 0 Å². The molecule has 0 spiro atoms. The maximum atomic E-state index is 7.38. The highest BCUT2D eigenvalue weighted by Gasteiger charge is 1.85. The Morgan fingerprint density at radius 3 is 2.08 bits per heavy atom. The molecular formula is C11H9N. The second kappa shape index (κ2) is 4.15. The third-order valence-corrected chi connectivity index (χ3v) is 1.59. The molecule has 0 N–H and O–H groups in total. The fourth-order valence-corrected chi connectivity index (χ4v) is 1.07. The average Bonchev–Trinajstić information content (AvgIpc) is 2.21. The average molecular weight is 156 g/mol. The Kier molecular flexibility index (Phi) is 2.38. The largest absolute Gasteiger partial charge is 0.202 e. The first-order valence-electron chi connectivity index (χ1n) is 4.07. The summed E-state index contributed by atoms with van der Waals surface area (Å²) in [6, 6.07) is 14.3. The zero-order valence-electron chi connectivity index (χ0n) is 7.57. The van der Waals surface area contributed by atoms with E-state index in [0.29, 0.717) is 6.04 Å². The smallest absolute Gasteiger partial charge is 0.0623 e. The van der Waals surface area contributed by atoms with Crippen molar-refractivity contribution in [3.8, 4) is 6.57 Å². The van der Waals surface area contributed by atoms with Gasteiger partial charge in [-0.3, -0.25) is 0 Å². The summed E-state index contributed by atoms with van der Waals surface area (Å²) in [5, 5.41) is 8.84. The Balaban J connectivity index is 0.000000396. The van der Waals surface area contributed by atoms with Crippen LogP contribution in [0.25, 0.3) is 10.8 Å². The molecule has 1 heteroatoms. The third kappa shape index (κ3) is 1.62. The number of hydrogen-bond donors (Lipinski definition) is 0. The zero-order valence-corrected chi connectivity index (χ0v) is 6.57. The Bertz CT molecular complexity index is 420. The lowest BCUT2D eigenvalue weighted by Crippen LogP contribution is -1.67. The first-order chi connectivity index (χ1) is 6.36. The van der Waals surface area contributed by atoms with Gasteiger partial charge in [-0.05, 0) is 10.8 Å². The van der Waals surface area contributed by atoms with Crippen molar-refractivity contribution in [2.45, 2.75) is 0 Å². The predicted molar refractivity (Wildman–Crippen MR) is 50.6 cm³/mol. The quantitative estimate of drug-likeness (QED) is 0.575. The van der Waals surface area contributed by atoms with Crippen LogP contribution in [0.4, 0.5) is 0 Å². The highest BCUT2D eigenvalue weighted by Crippen LogP contribution is 2.11. The summed E-state index contributed by atoms with van der Waals surface area (Å²) in [6.07, 6.45) is 0. The predicted octanol–water partition coefficient (Wildman–Crippen LogP) is 2.98. The number of rotatable bonds is 0. The molecule has 0 aliphatic heterocycles. The highest BCUT2D eigenvalue weighted by molar-refractivity contribution is 5.81. The molecule has 0 radical (unpaired) electrons. The molecule has 0 atom stereocenters. The van der Waals surface area contributed by atoms with E-state index in [1.54, 1.807) is 0 Å². The van der Waals surface area contributed by atoms with E-state index in [1.807, 2.05) is 36.4 Å². The molecular weight excluding hydrogens is 146 g/mol. The van der Waals surface area contributed by atoms with Crippen molar-refractivity contribution < 1.29 is 1.37 Å². The number of benzene rings is 2. The van der Waals surface area contributed by atoms with Gasteiger partial charge in [-0.2, -0.15) is 0 Å². The maximum Gasteiger partial charge on any atom is 0.0623 e. The molecule has 12 heavy (non-hydrogen) atoms. The minimum absolute atomic E-state index is 0.573.